The smallest absolute Gasteiger partial charge is 0.261 e. The molecule has 3 amide bonds. The zero-order valence-electron chi connectivity index (χ0n) is 17.7. The number of fused-ring (bicyclic) bond motifs is 1. The van der Waals surface area contributed by atoms with E-state index < -0.39 is 15.7 Å². The van der Waals surface area contributed by atoms with Gasteiger partial charge in [-0.1, -0.05) is 13.3 Å². The van der Waals surface area contributed by atoms with Crippen molar-refractivity contribution in [2.75, 3.05) is 31.2 Å². The number of hydrogen-bond acceptors (Lipinski definition) is 6. The Bertz CT molecular complexity index is 999. The number of carbonyl (C=O) groups excluding carboxylic acids is 3. The average Bonchev–Trinajstić information content (AvgIpc) is 3.44. The molecule has 3 aliphatic rings. The third-order valence-electron chi connectivity index (χ3n) is 6.29. The quantitative estimate of drug-likeness (QED) is 0.591. The summed E-state index contributed by atoms with van der Waals surface area (Å²) in [4.78, 5) is 41.7. The van der Waals surface area contributed by atoms with Gasteiger partial charge in [0, 0.05) is 24.8 Å². The maximum atomic E-state index is 13.3. The van der Waals surface area contributed by atoms with Gasteiger partial charge in [0.05, 0.1) is 35.3 Å². The molecule has 0 radical (unpaired) electrons. The Kier molecular flexibility index (Phi) is 6.16. The molecule has 1 aromatic carbocycles. The van der Waals surface area contributed by atoms with E-state index in [0.717, 1.165) is 25.7 Å². The molecule has 8 nitrogen and oxygen atoms in total. The molecule has 3 aliphatic heterocycles. The van der Waals surface area contributed by atoms with Crippen molar-refractivity contribution in [3.05, 3.63) is 34.9 Å². The van der Waals surface area contributed by atoms with Crippen LogP contribution in [0.3, 0.4) is 0 Å². The molecule has 2 atom stereocenters. The number of sulfone groups is 1. The number of amides is 3. The van der Waals surface area contributed by atoms with Gasteiger partial charge in [0.25, 0.3) is 17.7 Å². The fourth-order valence-electron chi connectivity index (χ4n) is 4.55. The summed E-state index contributed by atoms with van der Waals surface area (Å²) in [5.74, 6) is -1.01. The van der Waals surface area contributed by atoms with Crippen molar-refractivity contribution in [1.29, 1.82) is 0 Å². The molecule has 31 heavy (non-hydrogen) atoms. The molecule has 0 aromatic heterocycles. The molecule has 9 heteroatoms. The van der Waals surface area contributed by atoms with Crippen LogP contribution in [-0.4, -0.2) is 79.3 Å². The van der Waals surface area contributed by atoms with E-state index in [2.05, 4.69) is 0 Å². The van der Waals surface area contributed by atoms with Gasteiger partial charge in [0.15, 0.2) is 9.84 Å². The summed E-state index contributed by atoms with van der Waals surface area (Å²) in [5.41, 5.74) is 0.825. The Morgan fingerprint density at radius 3 is 2.61 bits per heavy atom. The van der Waals surface area contributed by atoms with Crippen LogP contribution in [0.1, 0.15) is 70.1 Å². The second-order valence-electron chi connectivity index (χ2n) is 8.53. The highest BCUT2D eigenvalue weighted by atomic mass is 32.2. The molecule has 2 saturated heterocycles. The molecule has 0 aliphatic carbocycles. The van der Waals surface area contributed by atoms with E-state index in [9.17, 15) is 22.8 Å². The molecule has 0 N–H and O–H groups in total. The second kappa shape index (κ2) is 8.70. The predicted octanol–water partition coefficient (Wildman–Crippen LogP) is 1.89. The van der Waals surface area contributed by atoms with Crippen molar-refractivity contribution in [3.8, 4) is 0 Å². The van der Waals surface area contributed by atoms with E-state index in [0.29, 0.717) is 30.7 Å². The normalized spacial score (nSPS) is 24.6. The molecule has 0 spiro atoms. The molecular weight excluding hydrogens is 420 g/mol. The molecular formula is C22H28N2O6S. The number of imide groups is 1. The molecule has 1 aromatic rings. The van der Waals surface area contributed by atoms with E-state index in [1.807, 2.05) is 6.92 Å². The van der Waals surface area contributed by atoms with Crippen LogP contribution >= 0.6 is 0 Å². The lowest BCUT2D eigenvalue weighted by atomic mass is 10.0. The van der Waals surface area contributed by atoms with Crippen molar-refractivity contribution in [1.82, 2.24) is 9.80 Å². The Hall–Kier alpha value is -2.26. The monoisotopic (exact) mass is 448 g/mol. The van der Waals surface area contributed by atoms with Gasteiger partial charge in [0.1, 0.15) is 0 Å². The Morgan fingerprint density at radius 1 is 1.19 bits per heavy atom. The van der Waals surface area contributed by atoms with Crippen molar-refractivity contribution in [3.63, 3.8) is 0 Å². The Labute approximate surface area is 182 Å². The number of benzene rings is 1. The second-order valence-corrected chi connectivity index (χ2v) is 10.8. The van der Waals surface area contributed by atoms with Crippen LogP contribution in [-0.2, 0) is 14.6 Å². The largest absolute Gasteiger partial charge is 0.376 e. The summed E-state index contributed by atoms with van der Waals surface area (Å²) in [6, 6.07) is 4.22. The predicted molar refractivity (Wildman–Crippen MR) is 114 cm³/mol. The van der Waals surface area contributed by atoms with Gasteiger partial charge in [-0.25, -0.2) is 8.42 Å². The van der Waals surface area contributed by atoms with Crippen molar-refractivity contribution in [2.45, 2.75) is 51.2 Å². The summed E-state index contributed by atoms with van der Waals surface area (Å²) in [6.07, 6.45) is 3.65. The summed E-state index contributed by atoms with van der Waals surface area (Å²) in [6.45, 7) is 3.33. The zero-order valence-corrected chi connectivity index (χ0v) is 18.5. The van der Waals surface area contributed by atoms with Gasteiger partial charge >= 0.3 is 0 Å². The SMILES string of the molecule is CCCCN(C(=O)c1ccc2c(c1)C(=O)N(CC1CCCO1)C2=O)C1CCS(=O)(=O)C1. The highest BCUT2D eigenvalue weighted by molar-refractivity contribution is 7.91. The van der Waals surface area contributed by atoms with Crippen LogP contribution in [0, 0.1) is 0 Å². The third-order valence-corrected chi connectivity index (χ3v) is 8.04. The first-order valence-electron chi connectivity index (χ1n) is 10.9. The summed E-state index contributed by atoms with van der Waals surface area (Å²) < 4.78 is 29.5. The molecule has 2 fully saturated rings. The van der Waals surface area contributed by atoms with Gasteiger partial charge in [-0.15, -0.1) is 0 Å². The zero-order chi connectivity index (χ0) is 22.2. The first-order valence-corrected chi connectivity index (χ1v) is 12.8. The lowest BCUT2D eigenvalue weighted by molar-refractivity contribution is 0.0475. The molecule has 0 saturated carbocycles. The number of rotatable bonds is 7. The lowest BCUT2D eigenvalue weighted by Gasteiger charge is -2.28. The van der Waals surface area contributed by atoms with Crippen LogP contribution in [0.15, 0.2) is 18.2 Å². The fraction of sp³-hybridized carbons (Fsp3) is 0.591. The van der Waals surface area contributed by atoms with Crippen LogP contribution in [0.4, 0.5) is 0 Å². The summed E-state index contributed by atoms with van der Waals surface area (Å²) >= 11 is 0. The van der Waals surface area contributed by atoms with E-state index in [1.54, 1.807) is 11.0 Å². The van der Waals surface area contributed by atoms with Crippen molar-refractivity contribution >= 4 is 27.6 Å². The van der Waals surface area contributed by atoms with E-state index >= 15 is 0 Å². The number of unbranched alkanes of at least 4 members (excludes halogenated alkanes) is 1. The highest BCUT2D eigenvalue weighted by Gasteiger charge is 2.39. The number of carbonyl (C=O) groups is 3. The van der Waals surface area contributed by atoms with Gasteiger partial charge < -0.3 is 9.64 Å². The Balaban J connectivity index is 1.56. The van der Waals surface area contributed by atoms with Gasteiger partial charge in [0.2, 0.25) is 0 Å². The molecule has 0 bridgehead atoms. The standard InChI is InChI=1S/C22H28N2O6S/c1-2-3-9-23(16-8-11-31(28,29)14-16)20(25)15-6-7-18-19(12-15)22(27)24(21(18)26)13-17-5-4-10-30-17/h6-7,12,16-17H,2-5,8-11,13-14H2,1H3. The topological polar surface area (TPSA) is 101 Å². The number of hydrogen-bond donors (Lipinski definition) is 0. The van der Waals surface area contributed by atoms with E-state index in [1.165, 1.54) is 17.0 Å². The van der Waals surface area contributed by atoms with Crippen LogP contribution < -0.4 is 0 Å². The van der Waals surface area contributed by atoms with Crippen LogP contribution in [0.25, 0.3) is 0 Å². The molecule has 3 heterocycles. The minimum absolute atomic E-state index is 0.0278. The van der Waals surface area contributed by atoms with Crippen molar-refractivity contribution in [2.24, 2.45) is 0 Å². The number of ether oxygens (including phenoxy) is 1. The fourth-order valence-corrected chi connectivity index (χ4v) is 6.28. The van der Waals surface area contributed by atoms with Crippen LogP contribution in [0.2, 0.25) is 0 Å². The first-order chi connectivity index (χ1) is 14.8. The minimum Gasteiger partial charge on any atom is -0.376 e. The average molecular weight is 449 g/mol. The maximum Gasteiger partial charge on any atom is 0.261 e. The molecule has 2 unspecified atom stereocenters. The van der Waals surface area contributed by atoms with E-state index in [4.69, 9.17) is 4.74 Å². The summed E-state index contributed by atoms with van der Waals surface area (Å²) in [7, 11) is -3.14. The van der Waals surface area contributed by atoms with Gasteiger partial charge in [-0.05, 0) is 43.9 Å². The molecule has 4 rings (SSSR count). The highest BCUT2D eigenvalue weighted by Crippen LogP contribution is 2.27. The van der Waals surface area contributed by atoms with Gasteiger partial charge in [-0.2, -0.15) is 0 Å². The minimum atomic E-state index is -3.14. The van der Waals surface area contributed by atoms with Crippen LogP contribution in [0.5, 0.6) is 0 Å². The lowest BCUT2D eigenvalue weighted by Crippen LogP contribution is -2.41. The number of nitrogens with zero attached hydrogens (tertiary/aromatic N) is 2. The maximum absolute atomic E-state index is 13.3. The van der Waals surface area contributed by atoms with Crippen molar-refractivity contribution < 1.29 is 27.5 Å². The summed E-state index contributed by atoms with van der Waals surface area (Å²) in [5, 5.41) is 0. The van der Waals surface area contributed by atoms with Gasteiger partial charge in [-0.3, -0.25) is 19.3 Å². The van der Waals surface area contributed by atoms with E-state index in [-0.39, 0.29) is 47.6 Å². The molecule has 168 valence electrons. The first kappa shape index (κ1) is 22.0. The Morgan fingerprint density at radius 2 is 1.97 bits per heavy atom. The third kappa shape index (κ3) is 4.39.